The summed E-state index contributed by atoms with van der Waals surface area (Å²) in [4.78, 5) is 21.2. The van der Waals surface area contributed by atoms with E-state index in [0.29, 0.717) is 19.8 Å². The molecule has 0 saturated carbocycles. The maximum Gasteiger partial charge on any atom is 0.306 e. The van der Waals surface area contributed by atoms with Gasteiger partial charge in [0.25, 0.3) is 0 Å². The number of rotatable bonds is 5. The highest BCUT2D eigenvalue weighted by Gasteiger charge is 2.34. The molecule has 1 fully saturated rings. The van der Waals surface area contributed by atoms with E-state index in [9.17, 15) is 9.59 Å². The summed E-state index contributed by atoms with van der Waals surface area (Å²) in [6.07, 6.45) is -0.238. The van der Waals surface area contributed by atoms with Gasteiger partial charge in [-0.1, -0.05) is 6.92 Å². The molecule has 0 spiro atoms. The summed E-state index contributed by atoms with van der Waals surface area (Å²) in [7, 11) is 0. The highest BCUT2D eigenvalue weighted by atomic mass is 16.5. The average molecular weight is 202 g/mol. The minimum atomic E-state index is -0.986. The van der Waals surface area contributed by atoms with Gasteiger partial charge >= 0.3 is 11.9 Å². The SMILES string of the molecule is CC1(COC(=O)CCC(=O)O)COC1. The molecule has 1 aliphatic rings. The smallest absolute Gasteiger partial charge is 0.306 e. The largest absolute Gasteiger partial charge is 0.481 e. The van der Waals surface area contributed by atoms with Crippen LogP contribution in [0.5, 0.6) is 0 Å². The Hall–Kier alpha value is -1.10. The molecular weight excluding hydrogens is 188 g/mol. The molecule has 1 saturated heterocycles. The lowest BCUT2D eigenvalue weighted by Gasteiger charge is -2.37. The lowest BCUT2D eigenvalue weighted by molar-refractivity contribution is -0.166. The van der Waals surface area contributed by atoms with E-state index in [-0.39, 0.29) is 18.3 Å². The van der Waals surface area contributed by atoms with Crippen molar-refractivity contribution in [3.8, 4) is 0 Å². The predicted molar refractivity (Wildman–Crippen MR) is 46.8 cm³/mol. The molecule has 14 heavy (non-hydrogen) atoms. The number of hydrogen-bond donors (Lipinski definition) is 1. The molecule has 0 aromatic carbocycles. The van der Waals surface area contributed by atoms with E-state index in [1.165, 1.54) is 0 Å². The number of hydrogen-bond acceptors (Lipinski definition) is 4. The van der Waals surface area contributed by atoms with Gasteiger partial charge in [-0.15, -0.1) is 0 Å². The fraction of sp³-hybridized carbons (Fsp3) is 0.778. The van der Waals surface area contributed by atoms with E-state index in [0.717, 1.165) is 0 Å². The molecule has 0 amide bonds. The number of aliphatic carboxylic acids is 1. The first-order chi connectivity index (χ1) is 6.52. The topological polar surface area (TPSA) is 72.8 Å². The molecule has 0 unspecified atom stereocenters. The third kappa shape index (κ3) is 3.33. The predicted octanol–water partition coefficient (Wildman–Crippen LogP) is 0.431. The first kappa shape index (κ1) is 11.0. The fourth-order valence-corrected chi connectivity index (χ4v) is 1.07. The first-order valence-electron chi connectivity index (χ1n) is 4.47. The highest BCUT2D eigenvalue weighted by Crippen LogP contribution is 2.26. The lowest BCUT2D eigenvalue weighted by Crippen LogP contribution is -2.44. The Bertz CT molecular complexity index is 231. The molecule has 5 nitrogen and oxygen atoms in total. The molecule has 5 heteroatoms. The van der Waals surface area contributed by atoms with Crippen LogP contribution in [0.3, 0.4) is 0 Å². The van der Waals surface area contributed by atoms with E-state index in [2.05, 4.69) is 0 Å². The van der Waals surface area contributed by atoms with Crippen molar-refractivity contribution in [2.45, 2.75) is 19.8 Å². The Morgan fingerprint density at radius 2 is 2.07 bits per heavy atom. The van der Waals surface area contributed by atoms with Crippen LogP contribution >= 0.6 is 0 Å². The van der Waals surface area contributed by atoms with Gasteiger partial charge in [0.15, 0.2) is 0 Å². The van der Waals surface area contributed by atoms with Crippen molar-refractivity contribution in [1.29, 1.82) is 0 Å². The summed E-state index contributed by atoms with van der Waals surface area (Å²) in [6.45, 7) is 3.46. The Morgan fingerprint density at radius 3 is 2.50 bits per heavy atom. The van der Waals surface area contributed by atoms with Crippen molar-refractivity contribution in [1.82, 2.24) is 0 Å². The van der Waals surface area contributed by atoms with Crippen LogP contribution in [0.15, 0.2) is 0 Å². The Balaban J connectivity index is 2.11. The van der Waals surface area contributed by atoms with Crippen molar-refractivity contribution in [2.24, 2.45) is 5.41 Å². The molecule has 1 rings (SSSR count). The fourth-order valence-electron chi connectivity index (χ4n) is 1.07. The normalized spacial score (nSPS) is 18.4. The monoisotopic (exact) mass is 202 g/mol. The third-order valence-electron chi connectivity index (χ3n) is 2.03. The van der Waals surface area contributed by atoms with Crippen LogP contribution < -0.4 is 0 Å². The number of carboxylic acid groups (broad SMARTS) is 1. The summed E-state index contributed by atoms with van der Waals surface area (Å²) in [6, 6.07) is 0. The molecule has 0 radical (unpaired) electrons. The second kappa shape index (κ2) is 4.41. The summed E-state index contributed by atoms with van der Waals surface area (Å²) in [5.74, 6) is -1.44. The average Bonchev–Trinajstić information content (AvgIpc) is 2.08. The second-order valence-corrected chi connectivity index (χ2v) is 3.86. The number of carbonyl (C=O) groups is 2. The highest BCUT2D eigenvalue weighted by molar-refractivity contribution is 5.76. The molecule has 1 aliphatic heterocycles. The van der Waals surface area contributed by atoms with E-state index in [1.807, 2.05) is 6.92 Å². The maximum absolute atomic E-state index is 11.0. The van der Waals surface area contributed by atoms with Crippen LogP contribution in [0.2, 0.25) is 0 Å². The van der Waals surface area contributed by atoms with Gasteiger partial charge in [0.05, 0.1) is 26.1 Å². The summed E-state index contributed by atoms with van der Waals surface area (Å²) in [5, 5.41) is 8.32. The molecule has 1 heterocycles. The van der Waals surface area contributed by atoms with Crippen molar-refractivity contribution >= 4 is 11.9 Å². The second-order valence-electron chi connectivity index (χ2n) is 3.86. The Kier molecular flexibility index (Phi) is 3.46. The minimum Gasteiger partial charge on any atom is -0.481 e. The van der Waals surface area contributed by atoms with Gasteiger partial charge in [-0.3, -0.25) is 9.59 Å². The molecule has 1 N–H and O–H groups in total. The Labute approximate surface area is 82.0 Å². The van der Waals surface area contributed by atoms with Crippen molar-refractivity contribution < 1.29 is 24.2 Å². The first-order valence-corrected chi connectivity index (χ1v) is 4.47. The van der Waals surface area contributed by atoms with Crippen LogP contribution in [0, 0.1) is 5.41 Å². The summed E-state index contributed by atoms with van der Waals surface area (Å²) >= 11 is 0. The molecule has 0 aliphatic carbocycles. The zero-order chi connectivity index (χ0) is 10.6. The molecular formula is C9H14O5. The van der Waals surface area contributed by atoms with E-state index in [1.54, 1.807) is 0 Å². The maximum atomic E-state index is 11.0. The standard InChI is InChI=1S/C9H14O5/c1-9(4-13-5-9)6-14-8(12)3-2-7(10)11/h2-6H2,1H3,(H,10,11). The third-order valence-corrected chi connectivity index (χ3v) is 2.03. The molecule has 0 aromatic rings. The van der Waals surface area contributed by atoms with Crippen molar-refractivity contribution in [3.05, 3.63) is 0 Å². The quantitative estimate of drug-likeness (QED) is 0.654. The summed E-state index contributed by atoms with van der Waals surface area (Å²) in [5.41, 5.74) is -0.0706. The van der Waals surface area contributed by atoms with Gasteiger partial charge in [0, 0.05) is 5.41 Å². The molecule has 0 bridgehead atoms. The van der Waals surface area contributed by atoms with Gasteiger partial charge in [-0.05, 0) is 0 Å². The van der Waals surface area contributed by atoms with E-state index >= 15 is 0 Å². The van der Waals surface area contributed by atoms with E-state index < -0.39 is 11.9 Å². The molecule has 80 valence electrons. The Morgan fingerprint density at radius 1 is 1.43 bits per heavy atom. The number of ether oxygens (including phenoxy) is 2. The van der Waals surface area contributed by atoms with Crippen molar-refractivity contribution in [2.75, 3.05) is 19.8 Å². The van der Waals surface area contributed by atoms with Gasteiger partial charge < -0.3 is 14.6 Å². The van der Waals surface area contributed by atoms with Gasteiger partial charge in [-0.25, -0.2) is 0 Å². The van der Waals surface area contributed by atoms with Gasteiger partial charge in [0.2, 0.25) is 0 Å². The summed E-state index contributed by atoms with van der Waals surface area (Å²) < 4.78 is 9.90. The van der Waals surface area contributed by atoms with Crippen LogP contribution in [0.4, 0.5) is 0 Å². The lowest BCUT2D eigenvalue weighted by atomic mass is 9.90. The molecule has 0 aromatic heterocycles. The van der Waals surface area contributed by atoms with Crippen LogP contribution in [0.25, 0.3) is 0 Å². The zero-order valence-electron chi connectivity index (χ0n) is 8.12. The van der Waals surface area contributed by atoms with Gasteiger partial charge in [-0.2, -0.15) is 0 Å². The molecule has 0 atom stereocenters. The number of carbonyl (C=O) groups excluding carboxylic acids is 1. The van der Waals surface area contributed by atoms with Crippen LogP contribution in [-0.4, -0.2) is 36.9 Å². The minimum absolute atomic E-state index is 0.0632. The van der Waals surface area contributed by atoms with Crippen LogP contribution in [-0.2, 0) is 19.1 Å². The zero-order valence-corrected chi connectivity index (χ0v) is 8.12. The number of carboxylic acids is 1. The van der Waals surface area contributed by atoms with Crippen molar-refractivity contribution in [3.63, 3.8) is 0 Å². The van der Waals surface area contributed by atoms with Gasteiger partial charge in [0.1, 0.15) is 6.61 Å². The van der Waals surface area contributed by atoms with Crippen LogP contribution in [0.1, 0.15) is 19.8 Å². The number of esters is 1. The van der Waals surface area contributed by atoms with E-state index in [4.69, 9.17) is 14.6 Å².